The quantitative estimate of drug-likeness (QED) is 0.758. The summed E-state index contributed by atoms with van der Waals surface area (Å²) in [5.41, 5.74) is 2.57. The third-order valence-electron chi connectivity index (χ3n) is 3.37. The van der Waals surface area contributed by atoms with Gasteiger partial charge in [-0.1, -0.05) is 30.3 Å². The largest absolute Gasteiger partial charge is 0.481 e. The number of carbonyl (C=O) groups is 1. The van der Waals surface area contributed by atoms with Gasteiger partial charge in [0.25, 0.3) is 5.91 Å². The number of carbonyl (C=O) groups excluding carboxylic acids is 1. The van der Waals surface area contributed by atoms with E-state index in [2.05, 4.69) is 15.5 Å². The highest BCUT2D eigenvalue weighted by Gasteiger charge is 2.15. The molecule has 0 aliphatic carbocycles. The van der Waals surface area contributed by atoms with Gasteiger partial charge in [-0.15, -0.1) is 0 Å². The Morgan fingerprint density at radius 1 is 1.13 bits per heavy atom. The number of ether oxygens (including phenoxy) is 1. The fourth-order valence-corrected chi connectivity index (χ4v) is 2.18. The second kappa shape index (κ2) is 6.79. The molecule has 0 saturated carbocycles. The van der Waals surface area contributed by atoms with Gasteiger partial charge in [0.15, 0.2) is 6.10 Å². The number of hydrogen-bond donors (Lipinski definition) is 2. The molecule has 0 radical (unpaired) electrons. The van der Waals surface area contributed by atoms with E-state index in [1.807, 2.05) is 60.7 Å². The fraction of sp³-hybridized carbons (Fsp3) is 0.111. The van der Waals surface area contributed by atoms with Crippen LogP contribution in [0, 0.1) is 0 Å². The van der Waals surface area contributed by atoms with E-state index in [1.165, 1.54) is 0 Å². The highest BCUT2D eigenvalue weighted by molar-refractivity contribution is 5.94. The van der Waals surface area contributed by atoms with Crippen LogP contribution in [-0.2, 0) is 4.79 Å². The molecule has 23 heavy (non-hydrogen) atoms. The summed E-state index contributed by atoms with van der Waals surface area (Å²) in [6, 6.07) is 18.7. The highest BCUT2D eigenvalue weighted by atomic mass is 16.5. The molecule has 1 amide bonds. The van der Waals surface area contributed by atoms with Gasteiger partial charge in [0.05, 0.1) is 5.69 Å². The second-order valence-electron chi connectivity index (χ2n) is 5.11. The smallest absolute Gasteiger partial charge is 0.265 e. The van der Waals surface area contributed by atoms with E-state index >= 15 is 0 Å². The Hall–Kier alpha value is -3.08. The minimum atomic E-state index is -0.590. The number of H-pyrrole nitrogens is 1. The lowest BCUT2D eigenvalue weighted by molar-refractivity contribution is -0.122. The third kappa shape index (κ3) is 3.77. The Balaban J connectivity index is 1.67. The van der Waals surface area contributed by atoms with Gasteiger partial charge in [0, 0.05) is 17.4 Å². The van der Waals surface area contributed by atoms with Gasteiger partial charge >= 0.3 is 0 Å². The molecule has 0 aliphatic rings. The maximum absolute atomic E-state index is 12.3. The van der Waals surface area contributed by atoms with Crippen LogP contribution >= 0.6 is 0 Å². The van der Waals surface area contributed by atoms with E-state index in [1.54, 1.807) is 13.1 Å². The Morgan fingerprint density at radius 3 is 2.70 bits per heavy atom. The fourth-order valence-electron chi connectivity index (χ4n) is 2.18. The summed E-state index contributed by atoms with van der Waals surface area (Å²) in [5, 5.41) is 9.70. The molecule has 2 N–H and O–H groups in total. The Bertz CT molecular complexity index is 770. The number of benzene rings is 2. The molecular formula is C18H17N3O2. The van der Waals surface area contributed by atoms with Crippen LogP contribution in [0.2, 0.25) is 0 Å². The van der Waals surface area contributed by atoms with E-state index < -0.39 is 6.10 Å². The van der Waals surface area contributed by atoms with Crippen LogP contribution in [0.4, 0.5) is 5.69 Å². The Labute approximate surface area is 134 Å². The van der Waals surface area contributed by atoms with Crippen molar-refractivity contribution in [2.45, 2.75) is 13.0 Å². The van der Waals surface area contributed by atoms with Crippen LogP contribution in [0.25, 0.3) is 11.3 Å². The van der Waals surface area contributed by atoms with Crippen molar-refractivity contribution in [3.63, 3.8) is 0 Å². The number of aromatic amines is 1. The molecule has 5 heteroatoms. The molecule has 0 bridgehead atoms. The molecule has 1 atom stereocenters. The van der Waals surface area contributed by atoms with Gasteiger partial charge in [-0.2, -0.15) is 5.10 Å². The van der Waals surface area contributed by atoms with Gasteiger partial charge in [-0.05, 0) is 37.3 Å². The van der Waals surface area contributed by atoms with Gasteiger partial charge in [0.1, 0.15) is 5.75 Å². The number of nitrogens with zero attached hydrogens (tertiary/aromatic N) is 1. The molecule has 0 spiro atoms. The molecule has 0 fully saturated rings. The van der Waals surface area contributed by atoms with Gasteiger partial charge in [-0.25, -0.2) is 0 Å². The highest BCUT2D eigenvalue weighted by Crippen LogP contribution is 2.20. The summed E-state index contributed by atoms with van der Waals surface area (Å²) in [4.78, 5) is 12.3. The summed E-state index contributed by atoms with van der Waals surface area (Å²) in [6.07, 6.45) is 1.10. The second-order valence-corrected chi connectivity index (χ2v) is 5.11. The van der Waals surface area contributed by atoms with Crippen molar-refractivity contribution >= 4 is 11.6 Å². The predicted molar refractivity (Wildman–Crippen MR) is 89.2 cm³/mol. The van der Waals surface area contributed by atoms with E-state index in [4.69, 9.17) is 4.74 Å². The molecule has 0 unspecified atom stereocenters. The van der Waals surface area contributed by atoms with Crippen molar-refractivity contribution in [3.05, 3.63) is 66.9 Å². The minimum Gasteiger partial charge on any atom is -0.481 e. The molecule has 3 aromatic rings. The van der Waals surface area contributed by atoms with Crippen molar-refractivity contribution in [1.29, 1.82) is 0 Å². The summed E-state index contributed by atoms with van der Waals surface area (Å²) < 4.78 is 5.62. The first kappa shape index (κ1) is 14.8. The monoisotopic (exact) mass is 307 g/mol. The first-order valence-corrected chi connectivity index (χ1v) is 7.35. The third-order valence-corrected chi connectivity index (χ3v) is 3.37. The zero-order valence-electron chi connectivity index (χ0n) is 12.7. The molecule has 0 aliphatic heterocycles. The lowest BCUT2D eigenvalue weighted by Gasteiger charge is -2.15. The molecule has 116 valence electrons. The maximum atomic E-state index is 12.3. The lowest BCUT2D eigenvalue weighted by Crippen LogP contribution is -2.30. The summed E-state index contributed by atoms with van der Waals surface area (Å²) in [5.74, 6) is 0.469. The van der Waals surface area contributed by atoms with E-state index in [0.29, 0.717) is 11.4 Å². The summed E-state index contributed by atoms with van der Waals surface area (Å²) in [6.45, 7) is 1.72. The Kier molecular flexibility index (Phi) is 4.38. The van der Waals surface area contributed by atoms with E-state index in [9.17, 15) is 4.79 Å². The normalized spacial score (nSPS) is 11.7. The number of aromatic nitrogens is 2. The van der Waals surface area contributed by atoms with Crippen molar-refractivity contribution in [1.82, 2.24) is 10.2 Å². The number of rotatable bonds is 5. The maximum Gasteiger partial charge on any atom is 0.265 e. The minimum absolute atomic E-state index is 0.199. The van der Waals surface area contributed by atoms with Gasteiger partial charge in [0.2, 0.25) is 0 Å². The van der Waals surface area contributed by atoms with E-state index in [-0.39, 0.29) is 5.91 Å². The van der Waals surface area contributed by atoms with Crippen molar-refractivity contribution in [2.75, 3.05) is 5.32 Å². The lowest BCUT2D eigenvalue weighted by atomic mass is 10.1. The molecule has 1 aromatic heterocycles. The van der Waals surface area contributed by atoms with Crippen LogP contribution in [-0.4, -0.2) is 22.2 Å². The standard InChI is InChI=1S/C18H17N3O2/c1-13(23-16-8-3-2-4-9-16)18(22)20-15-7-5-6-14(12-15)17-10-11-19-21-17/h2-13H,1H3,(H,19,21)(H,20,22)/t13-/m1/s1. The van der Waals surface area contributed by atoms with Crippen LogP contribution in [0.1, 0.15) is 6.92 Å². The van der Waals surface area contributed by atoms with Crippen LogP contribution in [0.5, 0.6) is 5.75 Å². The molecule has 3 rings (SSSR count). The molecular weight excluding hydrogens is 290 g/mol. The number of hydrogen-bond acceptors (Lipinski definition) is 3. The molecule has 2 aromatic carbocycles. The van der Waals surface area contributed by atoms with Crippen molar-refractivity contribution < 1.29 is 9.53 Å². The topological polar surface area (TPSA) is 67.0 Å². The molecule has 1 heterocycles. The SMILES string of the molecule is C[C@@H](Oc1ccccc1)C(=O)Nc1cccc(-c2ccn[nH]2)c1. The summed E-state index contributed by atoms with van der Waals surface area (Å²) in [7, 11) is 0. The number of anilines is 1. The van der Waals surface area contributed by atoms with Crippen molar-refractivity contribution in [2.24, 2.45) is 0 Å². The molecule has 5 nitrogen and oxygen atoms in total. The average molecular weight is 307 g/mol. The van der Waals surface area contributed by atoms with Crippen LogP contribution in [0.3, 0.4) is 0 Å². The van der Waals surface area contributed by atoms with E-state index in [0.717, 1.165) is 11.3 Å². The number of amides is 1. The zero-order chi connectivity index (χ0) is 16.1. The first-order chi connectivity index (χ1) is 11.2. The predicted octanol–water partition coefficient (Wildman–Crippen LogP) is 3.48. The average Bonchev–Trinajstić information content (AvgIpc) is 3.10. The zero-order valence-corrected chi connectivity index (χ0v) is 12.7. The van der Waals surface area contributed by atoms with Gasteiger partial charge < -0.3 is 10.1 Å². The molecule has 0 saturated heterocycles. The van der Waals surface area contributed by atoms with Gasteiger partial charge in [-0.3, -0.25) is 9.89 Å². The van der Waals surface area contributed by atoms with Crippen LogP contribution in [0.15, 0.2) is 66.9 Å². The van der Waals surface area contributed by atoms with Crippen molar-refractivity contribution in [3.8, 4) is 17.0 Å². The Morgan fingerprint density at radius 2 is 1.96 bits per heavy atom. The summed E-state index contributed by atoms with van der Waals surface area (Å²) >= 11 is 0. The first-order valence-electron chi connectivity index (χ1n) is 7.35. The number of nitrogens with one attached hydrogen (secondary N) is 2. The number of para-hydroxylation sites is 1. The van der Waals surface area contributed by atoms with Crippen LogP contribution < -0.4 is 10.1 Å².